The molecule has 2 aliphatic rings. The molecule has 2 rings (SSSR count). The number of carbonyl (C=O) groups is 1. The summed E-state index contributed by atoms with van der Waals surface area (Å²) in [5.41, 5.74) is -1.35. The molecule has 1 amide bonds. The summed E-state index contributed by atoms with van der Waals surface area (Å²) >= 11 is 0. The number of amides is 1. The lowest BCUT2D eigenvalue weighted by Gasteiger charge is -2.75. The second-order valence-electron chi connectivity index (χ2n) is 14.0. The molecule has 1 unspecified atom stereocenters. The molecular weight excluding hydrogens is 500 g/mol. The van der Waals surface area contributed by atoms with E-state index in [0.717, 1.165) is 57.9 Å². The maximum atomic E-state index is 13.9. The third-order valence-electron chi connectivity index (χ3n) is 12.0. The van der Waals surface area contributed by atoms with Crippen molar-refractivity contribution in [2.24, 2.45) is 0 Å². The van der Waals surface area contributed by atoms with Crippen LogP contribution in [0.4, 0.5) is 0 Å². The van der Waals surface area contributed by atoms with Crippen molar-refractivity contribution in [3.05, 3.63) is 12.2 Å². The zero-order valence-electron chi connectivity index (χ0n) is 28.0. The maximum absolute atomic E-state index is 13.9. The third-order valence-corrected chi connectivity index (χ3v) is 12.0. The molecule has 0 bridgehead atoms. The summed E-state index contributed by atoms with van der Waals surface area (Å²) in [7, 11) is 2.22. The number of nitrogens with one attached hydrogen (secondary N) is 1. The Bertz CT molecular complexity index is 849. The highest BCUT2D eigenvalue weighted by atomic mass is 16.3. The number of hydrogen-bond acceptors (Lipinski definition) is 6. The molecule has 7 nitrogen and oxygen atoms in total. The Kier molecular flexibility index (Phi) is 11.2. The molecule has 2 saturated heterocycles. The fourth-order valence-electron chi connectivity index (χ4n) is 9.52. The summed E-state index contributed by atoms with van der Waals surface area (Å²) in [6, 6.07) is 0. The highest BCUT2D eigenvalue weighted by molar-refractivity contribution is 5.93. The van der Waals surface area contributed by atoms with E-state index >= 15 is 0 Å². The highest BCUT2D eigenvalue weighted by Gasteiger charge is 2.71. The van der Waals surface area contributed by atoms with Crippen LogP contribution in [0.25, 0.3) is 0 Å². The second-order valence-corrected chi connectivity index (χ2v) is 14.0. The monoisotopic (exact) mass is 564 g/mol. The number of carbonyl (C=O) groups excluding carboxylic acids is 1. The topological polar surface area (TPSA) is 79.3 Å². The van der Waals surface area contributed by atoms with Crippen LogP contribution in [0.1, 0.15) is 121 Å². The van der Waals surface area contributed by atoms with E-state index in [2.05, 4.69) is 96.0 Å². The highest BCUT2D eigenvalue weighted by Crippen LogP contribution is 2.60. The van der Waals surface area contributed by atoms with Crippen molar-refractivity contribution in [3.8, 4) is 0 Å². The van der Waals surface area contributed by atoms with Gasteiger partial charge in [-0.3, -0.25) is 19.5 Å². The molecule has 0 aromatic rings. The van der Waals surface area contributed by atoms with Crippen molar-refractivity contribution in [1.29, 1.82) is 0 Å². The lowest BCUT2D eigenvalue weighted by molar-refractivity contribution is -0.213. The lowest BCUT2D eigenvalue weighted by atomic mass is 9.49. The summed E-state index contributed by atoms with van der Waals surface area (Å²) < 4.78 is 0. The van der Waals surface area contributed by atoms with Crippen molar-refractivity contribution in [2.75, 3.05) is 39.9 Å². The minimum Gasteiger partial charge on any atom is -0.395 e. The predicted molar refractivity (Wildman–Crippen MR) is 168 cm³/mol. The molecule has 0 aliphatic carbocycles. The van der Waals surface area contributed by atoms with Crippen LogP contribution in [-0.2, 0) is 4.79 Å². The number of rotatable bonds is 13. The van der Waals surface area contributed by atoms with Crippen LogP contribution in [0.15, 0.2) is 12.2 Å². The first-order chi connectivity index (χ1) is 18.6. The van der Waals surface area contributed by atoms with Crippen molar-refractivity contribution in [3.63, 3.8) is 0 Å². The third kappa shape index (κ3) is 5.32. The first-order valence-electron chi connectivity index (χ1n) is 16.0. The van der Waals surface area contributed by atoms with Crippen LogP contribution in [-0.4, -0.2) is 104 Å². The molecule has 234 valence electrons. The SMILES string of the molecule is C=C(C)C(=O)NC1(C2(N(CCO)CCO)CCC(C)(C)N(C)C2(C)C)CC(CC)(CC)N(CC)C(CC)(CC)C1. The van der Waals surface area contributed by atoms with Gasteiger partial charge in [0, 0.05) is 40.8 Å². The number of likely N-dealkylation sites (tertiary alicyclic amines) is 2. The maximum Gasteiger partial charge on any atom is 0.246 e. The van der Waals surface area contributed by atoms with Crippen molar-refractivity contribution in [2.45, 2.75) is 154 Å². The Balaban J connectivity index is 3.15. The van der Waals surface area contributed by atoms with Gasteiger partial charge >= 0.3 is 0 Å². The fourth-order valence-corrected chi connectivity index (χ4v) is 9.52. The zero-order chi connectivity index (χ0) is 30.8. The molecule has 40 heavy (non-hydrogen) atoms. The number of nitrogens with zero attached hydrogens (tertiary/aromatic N) is 3. The zero-order valence-corrected chi connectivity index (χ0v) is 28.0. The van der Waals surface area contributed by atoms with Gasteiger partial charge in [0.15, 0.2) is 0 Å². The van der Waals surface area contributed by atoms with Crippen LogP contribution in [0, 0.1) is 0 Å². The first kappa shape index (κ1) is 35.2. The summed E-state index contributed by atoms with van der Waals surface area (Å²) in [4.78, 5) is 21.6. The van der Waals surface area contributed by atoms with Gasteiger partial charge in [-0.1, -0.05) is 41.2 Å². The quantitative estimate of drug-likeness (QED) is 0.275. The molecular formula is C33H64N4O3. The number of aliphatic hydroxyl groups excluding tert-OH is 2. The Morgan fingerprint density at radius 1 is 0.875 bits per heavy atom. The summed E-state index contributed by atoms with van der Waals surface area (Å²) in [5.74, 6) is -0.0947. The normalized spacial score (nSPS) is 27.4. The fraction of sp³-hybridized carbons (Fsp3) is 0.909. The number of β-amino-alcohol motifs (C(OH)–C–C–N with tert-alkyl or cyclic N) is 2. The van der Waals surface area contributed by atoms with E-state index in [9.17, 15) is 15.0 Å². The standard InChI is InChI=1S/C33H64N4O3/c1-13-30(14-2)24-32(34-27(40)26(6)7,25-31(15-3,16-4)37(30)17-5)33(36(20-22-38)21-23-39)19-18-28(8,9)35(12)29(33,10)11/h38-39H,6,13-25H2,1-5,7-12H3,(H,34,40). The van der Waals surface area contributed by atoms with Crippen molar-refractivity contribution < 1.29 is 15.0 Å². The molecule has 2 aliphatic heterocycles. The van der Waals surface area contributed by atoms with Gasteiger partial charge in [-0.2, -0.15) is 0 Å². The summed E-state index contributed by atoms with van der Waals surface area (Å²) in [6.45, 7) is 28.5. The van der Waals surface area contributed by atoms with Gasteiger partial charge in [0.05, 0.1) is 24.3 Å². The van der Waals surface area contributed by atoms with Gasteiger partial charge in [-0.25, -0.2) is 0 Å². The van der Waals surface area contributed by atoms with E-state index in [0.29, 0.717) is 18.7 Å². The molecule has 3 N–H and O–H groups in total. The van der Waals surface area contributed by atoms with E-state index < -0.39 is 16.6 Å². The Labute approximate surface area is 246 Å². The lowest BCUT2D eigenvalue weighted by Crippen LogP contribution is -2.88. The van der Waals surface area contributed by atoms with Crippen molar-refractivity contribution >= 4 is 5.91 Å². The van der Waals surface area contributed by atoms with Gasteiger partial charge in [-0.15, -0.1) is 0 Å². The van der Waals surface area contributed by atoms with Gasteiger partial charge in [0.1, 0.15) is 0 Å². The smallest absolute Gasteiger partial charge is 0.246 e. The van der Waals surface area contributed by atoms with Crippen LogP contribution >= 0.6 is 0 Å². The van der Waals surface area contributed by atoms with Gasteiger partial charge in [-0.05, 0) is 99.6 Å². The van der Waals surface area contributed by atoms with E-state index in [1.54, 1.807) is 6.92 Å². The second kappa shape index (κ2) is 12.7. The van der Waals surface area contributed by atoms with Crippen LogP contribution in [0.2, 0.25) is 0 Å². The molecule has 0 spiro atoms. The van der Waals surface area contributed by atoms with Gasteiger partial charge in [0.25, 0.3) is 0 Å². The number of likely N-dealkylation sites (N-methyl/N-ethyl adjacent to an activating group) is 1. The van der Waals surface area contributed by atoms with Gasteiger partial charge < -0.3 is 15.5 Å². The Morgan fingerprint density at radius 2 is 1.32 bits per heavy atom. The minimum atomic E-state index is -0.634. The van der Waals surface area contributed by atoms with Crippen LogP contribution in [0.5, 0.6) is 0 Å². The molecule has 2 heterocycles. The number of piperidine rings is 2. The van der Waals surface area contributed by atoms with E-state index in [-0.39, 0.29) is 35.7 Å². The van der Waals surface area contributed by atoms with Crippen LogP contribution < -0.4 is 5.32 Å². The number of hydrogen-bond donors (Lipinski definition) is 3. The molecule has 0 aromatic carbocycles. The Hall–Kier alpha value is -0.990. The molecule has 0 radical (unpaired) electrons. The molecule has 1 atom stereocenters. The van der Waals surface area contributed by atoms with E-state index in [4.69, 9.17) is 0 Å². The van der Waals surface area contributed by atoms with Gasteiger partial charge in [0.2, 0.25) is 5.91 Å². The average molecular weight is 565 g/mol. The molecule has 2 fully saturated rings. The van der Waals surface area contributed by atoms with Crippen molar-refractivity contribution in [1.82, 2.24) is 20.0 Å². The molecule has 0 aromatic heterocycles. The minimum absolute atomic E-state index is 0.00404. The summed E-state index contributed by atoms with van der Waals surface area (Å²) in [5, 5.41) is 24.6. The van der Waals surface area contributed by atoms with E-state index in [1.165, 1.54) is 0 Å². The largest absolute Gasteiger partial charge is 0.395 e. The average Bonchev–Trinajstić information content (AvgIpc) is 2.91. The predicted octanol–water partition coefficient (Wildman–Crippen LogP) is 4.96. The Morgan fingerprint density at radius 3 is 1.68 bits per heavy atom. The molecule has 0 saturated carbocycles. The van der Waals surface area contributed by atoms with E-state index in [1.807, 2.05) is 0 Å². The van der Waals surface area contributed by atoms with Crippen LogP contribution in [0.3, 0.4) is 0 Å². The molecule has 7 heteroatoms. The summed E-state index contributed by atoms with van der Waals surface area (Å²) in [6.07, 6.45) is 7.37. The first-order valence-corrected chi connectivity index (χ1v) is 16.0. The number of aliphatic hydroxyl groups is 2.